The van der Waals surface area contributed by atoms with E-state index < -0.39 is 18.0 Å². The predicted octanol–water partition coefficient (Wildman–Crippen LogP) is 0.0001000. The van der Waals surface area contributed by atoms with E-state index in [4.69, 9.17) is 5.73 Å². The van der Waals surface area contributed by atoms with Crippen molar-refractivity contribution in [3.63, 3.8) is 0 Å². The second-order valence-electron chi connectivity index (χ2n) is 2.19. The third kappa shape index (κ3) is 3.06. The lowest BCUT2D eigenvalue weighted by molar-refractivity contribution is -0.147. The van der Waals surface area contributed by atoms with Crippen molar-refractivity contribution < 1.29 is 14.3 Å². The molecule has 0 aliphatic carbocycles. The Hall–Kier alpha value is -1.66. The molecule has 2 N–H and O–H groups in total. The van der Waals surface area contributed by atoms with Crippen LogP contribution in [0.15, 0.2) is 5.29 Å². The van der Waals surface area contributed by atoms with Crippen LogP contribution in [0.5, 0.6) is 0 Å². The molecule has 0 spiro atoms. The standard InChI is InChI=1S/C6H11N3O4/c1-3-13-5(10)4(2)9(8-12)6(7)11/h4H,3H2,1-2H3,(H2,7,11). The summed E-state index contributed by atoms with van der Waals surface area (Å²) in [4.78, 5) is 31.6. The van der Waals surface area contributed by atoms with E-state index in [-0.39, 0.29) is 6.61 Å². The van der Waals surface area contributed by atoms with Crippen LogP contribution in [0.4, 0.5) is 4.79 Å². The van der Waals surface area contributed by atoms with Crippen molar-refractivity contribution in [3.05, 3.63) is 4.91 Å². The highest BCUT2D eigenvalue weighted by Crippen LogP contribution is 2.01. The first-order valence-electron chi connectivity index (χ1n) is 3.63. The lowest BCUT2D eigenvalue weighted by Crippen LogP contribution is -2.43. The first-order valence-corrected chi connectivity index (χ1v) is 3.63. The van der Waals surface area contributed by atoms with Gasteiger partial charge in [-0.3, -0.25) is 0 Å². The highest BCUT2D eigenvalue weighted by Gasteiger charge is 2.26. The SMILES string of the molecule is CCOC(=O)C(C)N(N=O)C(N)=O. The Morgan fingerprint density at radius 1 is 1.62 bits per heavy atom. The summed E-state index contributed by atoms with van der Waals surface area (Å²) in [6.45, 7) is 3.06. The highest BCUT2D eigenvalue weighted by atomic mass is 16.5. The van der Waals surface area contributed by atoms with Crippen molar-refractivity contribution in [1.82, 2.24) is 5.01 Å². The fourth-order valence-corrected chi connectivity index (χ4v) is 0.665. The lowest BCUT2D eigenvalue weighted by atomic mass is 10.3. The summed E-state index contributed by atoms with van der Waals surface area (Å²) >= 11 is 0. The highest BCUT2D eigenvalue weighted by molar-refractivity contribution is 5.82. The van der Waals surface area contributed by atoms with Crippen molar-refractivity contribution in [2.75, 3.05) is 6.61 Å². The molecule has 1 atom stereocenters. The number of nitrogens with two attached hydrogens (primary N) is 1. The first-order chi connectivity index (χ1) is 6.04. The van der Waals surface area contributed by atoms with Crippen LogP contribution in [-0.4, -0.2) is 29.7 Å². The fourth-order valence-electron chi connectivity index (χ4n) is 0.665. The minimum atomic E-state index is -1.09. The van der Waals surface area contributed by atoms with E-state index in [1.807, 2.05) is 0 Å². The number of nitrogens with zero attached hydrogens (tertiary/aromatic N) is 2. The van der Waals surface area contributed by atoms with Crippen LogP contribution in [0.2, 0.25) is 0 Å². The van der Waals surface area contributed by atoms with E-state index in [9.17, 15) is 14.5 Å². The molecule has 0 aromatic rings. The molecule has 0 bridgehead atoms. The van der Waals surface area contributed by atoms with Crippen LogP contribution in [0.25, 0.3) is 0 Å². The minimum absolute atomic E-state index is 0.161. The van der Waals surface area contributed by atoms with Gasteiger partial charge in [0.1, 0.15) is 0 Å². The summed E-state index contributed by atoms with van der Waals surface area (Å²) in [5.41, 5.74) is 4.77. The van der Waals surface area contributed by atoms with Crippen molar-refractivity contribution in [1.29, 1.82) is 0 Å². The number of amides is 2. The van der Waals surface area contributed by atoms with E-state index in [1.54, 1.807) is 6.92 Å². The molecule has 0 aliphatic rings. The van der Waals surface area contributed by atoms with Crippen molar-refractivity contribution in [3.8, 4) is 0 Å². The van der Waals surface area contributed by atoms with Crippen molar-refractivity contribution >= 4 is 12.0 Å². The van der Waals surface area contributed by atoms with Gasteiger partial charge in [0, 0.05) is 0 Å². The van der Waals surface area contributed by atoms with Gasteiger partial charge in [-0.2, -0.15) is 5.01 Å². The van der Waals surface area contributed by atoms with Crippen LogP contribution in [-0.2, 0) is 9.53 Å². The first kappa shape index (κ1) is 11.3. The van der Waals surface area contributed by atoms with Gasteiger partial charge in [-0.05, 0) is 13.8 Å². The number of esters is 1. The third-order valence-electron chi connectivity index (χ3n) is 1.31. The average molecular weight is 189 g/mol. The Balaban J connectivity index is 4.36. The van der Waals surface area contributed by atoms with Crippen LogP contribution < -0.4 is 5.73 Å². The molecule has 0 radical (unpaired) electrons. The molecule has 0 heterocycles. The molecule has 0 aromatic carbocycles. The zero-order valence-corrected chi connectivity index (χ0v) is 7.39. The minimum Gasteiger partial charge on any atom is -0.464 e. The van der Waals surface area contributed by atoms with Gasteiger partial charge in [0.2, 0.25) is 0 Å². The summed E-state index contributed by atoms with van der Waals surface area (Å²) in [5, 5.41) is 2.62. The number of ether oxygens (including phenoxy) is 1. The molecule has 0 saturated heterocycles. The van der Waals surface area contributed by atoms with Crippen molar-refractivity contribution in [2.45, 2.75) is 19.9 Å². The second-order valence-corrected chi connectivity index (χ2v) is 2.19. The number of carbonyl (C=O) groups is 2. The largest absolute Gasteiger partial charge is 0.464 e. The molecule has 0 fully saturated rings. The number of nitroso groups, excluding NO2 is 1. The molecule has 7 heteroatoms. The third-order valence-corrected chi connectivity index (χ3v) is 1.31. The normalized spacial score (nSPS) is 11.5. The number of hydrogen-bond donors (Lipinski definition) is 1. The number of urea groups is 1. The van der Waals surface area contributed by atoms with Crippen LogP contribution in [0, 0.1) is 4.91 Å². The number of rotatable bonds is 4. The summed E-state index contributed by atoms with van der Waals surface area (Å²) in [5.74, 6) is -0.721. The Labute approximate surface area is 74.8 Å². The van der Waals surface area contributed by atoms with Gasteiger partial charge < -0.3 is 10.5 Å². The molecule has 0 rings (SSSR count). The predicted molar refractivity (Wildman–Crippen MR) is 43.3 cm³/mol. The molecule has 7 nitrogen and oxygen atoms in total. The zero-order valence-electron chi connectivity index (χ0n) is 7.39. The average Bonchev–Trinajstić information content (AvgIpc) is 2.05. The number of primary amides is 1. The van der Waals surface area contributed by atoms with Gasteiger partial charge in [-0.25, -0.2) is 9.59 Å². The Morgan fingerprint density at radius 3 is 2.46 bits per heavy atom. The van der Waals surface area contributed by atoms with Gasteiger partial charge in [0.15, 0.2) is 6.04 Å². The van der Waals surface area contributed by atoms with Crippen LogP contribution in [0.1, 0.15) is 13.8 Å². The van der Waals surface area contributed by atoms with Gasteiger partial charge in [0.05, 0.1) is 11.9 Å². The van der Waals surface area contributed by atoms with Crippen LogP contribution >= 0.6 is 0 Å². The van der Waals surface area contributed by atoms with E-state index in [1.165, 1.54) is 6.92 Å². The zero-order chi connectivity index (χ0) is 10.4. The number of carbonyl (C=O) groups excluding carboxylic acids is 2. The molecule has 1 unspecified atom stereocenters. The maximum absolute atomic E-state index is 11.0. The number of hydrogen-bond acceptors (Lipinski definition) is 5. The van der Waals surface area contributed by atoms with E-state index in [0.29, 0.717) is 5.01 Å². The van der Waals surface area contributed by atoms with Crippen molar-refractivity contribution in [2.24, 2.45) is 11.0 Å². The molecule has 74 valence electrons. The topological polar surface area (TPSA) is 102 Å². The Bertz CT molecular complexity index is 218. The lowest BCUT2D eigenvalue weighted by Gasteiger charge is -2.16. The summed E-state index contributed by atoms with van der Waals surface area (Å²) < 4.78 is 4.55. The molecule has 0 saturated carbocycles. The summed E-state index contributed by atoms with van der Waals surface area (Å²) in [6, 6.07) is -2.18. The molecular formula is C6H11N3O4. The van der Waals surface area contributed by atoms with E-state index in [2.05, 4.69) is 10.0 Å². The van der Waals surface area contributed by atoms with Gasteiger partial charge in [0.25, 0.3) is 0 Å². The van der Waals surface area contributed by atoms with Gasteiger partial charge in [-0.1, -0.05) is 0 Å². The quantitative estimate of drug-likeness (QED) is 0.382. The fraction of sp³-hybridized carbons (Fsp3) is 0.667. The van der Waals surface area contributed by atoms with Gasteiger partial charge >= 0.3 is 12.0 Å². The van der Waals surface area contributed by atoms with Crippen LogP contribution in [0.3, 0.4) is 0 Å². The molecule has 13 heavy (non-hydrogen) atoms. The van der Waals surface area contributed by atoms with Gasteiger partial charge in [-0.15, -0.1) is 4.91 Å². The maximum Gasteiger partial charge on any atom is 0.338 e. The monoisotopic (exact) mass is 189 g/mol. The molecule has 0 aromatic heterocycles. The molecule has 0 aliphatic heterocycles. The molecular weight excluding hydrogens is 178 g/mol. The van der Waals surface area contributed by atoms with E-state index >= 15 is 0 Å². The molecule has 2 amide bonds. The smallest absolute Gasteiger partial charge is 0.338 e. The maximum atomic E-state index is 11.0. The second kappa shape index (κ2) is 5.07. The Kier molecular flexibility index (Phi) is 4.42. The summed E-state index contributed by atoms with van der Waals surface area (Å²) in [7, 11) is 0. The Morgan fingerprint density at radius 2 is 2.15 bits per heavy atom. The summed E-state index contributed by atoms with van der Waals surface area (Å²) in [6.07, 6.45) is 0. The van der Waals surface area contributed by atoms with E-state index in [0.717, 1.165) is 0 Å².